The van der Waals surface area contributed by atoms with Gasteiger partial charge >= 0.3 is 0 Å². The molecule has 9 nitrogen and oxygen atoms in total. The first-order valence-electron chi connectivity index (χ1n) is 11.4. The Kier molecular flexibility index (Phi) is 6.48. The highest BCUT2D eigenvalue weighted by Gasteiger charge is 2.43. The van der Waals surface area contributed by atoms with E-state index in [0.717, 1.165) is 37.0 Å². The van der Waals surface area contributed by atoms with Crippen LogP contribution >= 0.6 is 0 Å². The van der Waals surface area contributed by atoms with Gasteiger partial charge in [0.25, 0.3) is 5.91 Å². The summed E-state index contributed by atoms with van der Waals surface area (Å²) in [5.74, 6) is -0.915. The van der Waals surface area contributed by atoms with Crippen LogP contribution in [0.5, 0.6) is 5.75 Å². The van der Waals surface area contributed by atoms with Gasteiger partial charge in [0, 0.05) is 30.6 Å². The van der Waals surface area contributed by atoms with E-state index in [-0.39, 0.29) is 34.7 Å². The Hall–Kier alpha value is -3.21. The number of aromatic nitrogens is 1. The van der Waals surface area contributed by atoms with E-state index in [4.69, 9.17) is 10.5 Å². The Labute approximate surface area is 203 Å². The first-order chi connectivity index (χ1) is 16.3. The molecule has 2 aromatic rings. The second kappa shape index (κ2) is 9.10. The predicted molar refractivity (Wildman–Crippen MR) is 127 cm³/mol. The van der Waals surface area contributed by atoms with Crippen molar-refractivity contribution < 1.29 is 27.1 Å². The quantitative estimate of drug-likeness (QED) is 0.591. The van der Waals surface area contributed by atoms with Gasteiger partial charge in [0.1, 0.15) is 22.3 Å². The molecule has 2 saturated heterocycles. The molecule has 2 amide bonds. The number of hydrogen-bond donors (Lipinski definition) is 2. The molecule has 0 saturated carbocycles. The first kappa shape index (κ1) is 24.9. The molecule has 3 heterocycles. The number of hydrogen-bond acceptors (Lipinski definition) is 7. The Morgan fingerprint density at radius 3 is 2.37 bits per heavy atom. The van der Waals surface area contributed by atoms with E-state index in [9.17, 15) is 22.4 Å². The predicted octanol–water partition coefficient (Wildman–Crippen LogP) is 2.20. The summed E-state index contributed by atoms with van der Waals surface area (Å²) in [5.41, 5.74) is 4.27. The highest BCUT2D eigenvalue weighted by atomic mass is 32.2. The van der Waals surface area contributed by atoms with Crippen LogP contribution in [0.4, 0.5) is 10.2 Å². The van der Waals surface area contributed by atoms with Crippen LogP contribution < -0.4 is 20.7 Å². The van der Waals surface area contributed by atoms with E-state index in [2.05, 4.69) is 15.2 Å². The number of sulfone groups is 1. The van der Waals surface area contributed by atoms with Crippen molar-refractivity contribution in [1.82, 2.24) is 10.3 Å². The summed E-state index contributed by atoms with van der Waals surface area (Å²) in [6, 6.07) is 6.93. The third-order valence-corrected chi connectivity index (χ3v) is 7.70. The number of primary amides is 1. The minimum Gasteiger partial charge on any atom is -0.477 e. The van der Waals surface area contributed by atoms with Crippen molar-refractivity contribution in [3.05, 3.63) is 47.9 Å². The van der Waals surface area contributed by atoms with Crippen LogP contribution in [0.1, 0.15) is 49.9 Å². The number of amides is 2. The molecule has 2 bridgehead atoms. The van der Waals surface area contributed by atoms with E-state index in [1.807, 2.05) is 0 Å². The number of benzene rings is 1. The molecule has 35 heavy (non-hydrogen) atoms. The molecule has 0 spiro atoms. The van der Waals surface area contributed by atoms with E-state index in [0.29, 0.717) is 18.4 Å². The number of fused-ring (bicyclic) bond motifs is 2. The number of anilines is 1. The van der Waals surface area contributed by atoms with Gasteiger partial charge in [-0.2, -0.15) is 0 Å². The van der Waals surface area contributed by atoms with Crippen molar-refractivity contribution >= 4 is 27.5 Å². The average molecular weight is 505 g/mol. The zero-order valence-corrected chi connectivity index (χ0v) is 20.6. The van der Waals surface area contributed by atoms with Crippen LogP contribution in [0.15, 0.2) is 41.4 Å². The zero-order valence-electron chi connectivity index (χ0n) is 19.8. The van der Waals surface area contributed by atoms with Crippen LogP contribution in [-0.2, 0) is 14.6 Å². The van der Waals surface area contributed by atoms with Crippen molar-refractivity contribution in [1.29, 1.82) is 0 Å². The fraction of sp³-hybridized carbons (Fsp3) is 0.458. The molecule has 2 fully saturated rings. The molecule has 2 atom stereocenters. The smallest absolute Gasteiger partial charge is 0.263 e. The van der Waals surface area contributed by atoms with Gasteiger partial charge in [-0.3, -0.25) is 9.59 Å². The Bertz CT molecular complexity index is 1240. The van der Waals surface area contributed by atoms with Crippen molar-refractivity contribution in [2.45, 2.75) is 68.2 Å². The van der Waals surface area contributed by atoms with Gasteiger partial charge in [-0.25, -0.2) is 17.8 Å². The monoisotopic (exact) mass is 504 g/mol. The number of nitrogens with one attached hydrogen (secondary N) is 1. The molecule has 11 heteroatoms. The SMILES string of the molecule is CC(C)(Oc1ccc(F)cc1S(C)(=O)=O)C(=O)NC1CC2CCC(C1)N2c1ccc(C(N)=O)cn1. The molecule has 0 aliphatic carbocycles. The summed E-state index contributed by atoms with van der Waals surface area (Å²) >= 11 is 0. The molecular formula is C24H29FN4O5S. The van der Waals surface area contributed by atoms with E-state index >= 15 is 0 Å². The normalized spacial score (nSPS) is 22.1. The number of ether oxygens (including phenoxy) is 1. The highest BCUT2D eigenvalue weighted by molar-refractivity contribution is 7.90. The van der Waals surface area contributed by atoms with E-state index in [1.54, 1.807) is 26.0 Å². The molecule has 0 radical (unpaired) electrons. The number of carbonyl (C=O) groups is 2. The van der Waals surface area contributed by atoms with Crippen LogP contribution in [0.3, 0.4) is 0 Å². The molecule has 1 aromatic carbocycles. The van der Waals surface area contributed by atoms with Crippen molar-refractivity contribution in [2.75, 3.05) is 11.2 Å². The summed E-state index contributed by atoms with van der Waals surface area (Å²) < 4.78 is 43.6. The lowest BCUT2D eigenvalue weighted by molar-refractivity contribution is -0.135. The molecule has 4 rings (SSSR count). The summed E-state index contributed by atoms with van der Waals surface area (Å²) in [4.78, 5) is 30.8. The Morgan fingerprint density at radius 1 is 1.17 bits per heavy atom. The summed E-state index contributed by atoms with van der Waals surface area (Å²) in [6.07, 6.45) is 5.78. The average Bonchev–Trinajstić information content (AvgIpc) is 3.04. The number of halogens is 1. The number of carbonyl (C=O) groups excluding carboxylic acids is 2. The molecule has 2 aliphatic heterocycles. The van der Waals surface area contributed by atoms with Gasteiger partial charge in [0.15, 0.2) is 15.4 Å². The van der Waals surface area contributed by atoms with Gasteiger partial charge in [0.05, 0.1) is 5.56 Å². The number of nitrogens with zero attached hydrogens (tertiary/aromatic N) is 2. The number of rotatable bonds is 7. The third kappa shape index (κ3) is 5.24. The molecule has 1 aromatic heterocycles. The van der Waals surface area contributed by atoms with Gasteiger partial charge in [-0.05, 0) is 69.9 Å². The largest absolute Gasteiger partial charge is 0.477 e. The molecule has 188 valence electrons. The maximum absolute atomic E-state index is 13.6. The van der Waals surface area contributed by atoms with Crippen LogP contribution in [0.25, 0.3) is 0 Å². The van der Waals surface area contributed by atoms with Crippen LogP contribution in [0, 0.1) is 5.82 Å². The lowest BCUT2D eigenvalue weighted by Gasteiger charge is -2.40. The standard InChI is InChI=1S/C24H29FN4O5S/c1-24(2,34-19-8-5-15(25)10-20(19)35(3,32)33)23(31)28-16-11-17-6-7-18(12-16)29(17)21-9-4-14(13-27-21)22(26)30/h4-5,8-10,13,16-18H,6-7,11-12H2,1-3H3,(H2,26,30)(H,28,31). The van der Waals surface area contributed by atoms with Gasteiger partial charge in [0.2, 0.25) is 5.91 Å². The summed E-state index contributed by atoms with van der Waals surface area (Å²) in [7, 11) is -3.76. The first-order valence-corrected chi connectivity index (χ1v) is 13.3. The fourth-order valence-electron chi connectivity index (χ4n) is 4.89. The second-order valence-electron chi connectivity index (χ2n) is 9.68. The van der Waals surface area contributed by atoms with Crippen molar-refractivity contribution in [3.63, 3.8) is 0 Å². The zero-order chi connectivity index (χ0) is 25.5. The Morgan fingerprint density at radius 2 is 1.83 bits per heavy atom. The van der Waals surface area contributed by atoms with Crippen molar-refractivity contribution in [3.8, 4) is 5.75 Å². The summed E-state index contributed by atoms with van der Waals surface area (Å²) in [5, 5.41) is 3.05. The highest BCUT2D eigenvalue weighted by Crippen LogP contribution is 2.39. The lowest BCUT2D eigenvalue weighted by atomic mass is 9.96. The van der Waals surface area contributed by atoms with Crippen LogP contribution in [0.2, 0.25) is 0 Å². The maximum atomic E-state index is 13.6. The number of nitrogens with two attached hydrogens (primary N) is 1. The molecular weight excluding hydrogens is 475 g/mol. The molecule has 2 aliphatic rings. The number of pyridine rings is 1. The van der Waals surface area contributed by atoms with Crippen LogP contribution in [-0.4, -0.2) is 55.2 Å². The van der Waals surface area contributed by atoms with Gasteiger partial charge < -0.3 is 20.7 Å². The minimum atomic E-state index is -3.76. The maximum Gasteiger partial charge on any atom is 0.263 e. The minimum absolute atomic E-state index is 0.0746. The number of piperidine rings is 1. The van der Waals surface area contributed by atoms with Crippen molar-refractivity contribution in [2.24, 2.45) is 5.73 Å². The van der Waals surface area contributed by atoms with E-state index < -0.39 is 27.2 Å². The lowest BCUT2D eigenvalue weighted by Crippen LogP contribution is -2.55. The molecule has 2 unspecified atom stereocenters. The van der Waals surface area contributed by atoms with E-state index in [1.165, 1.54) is 12.3 Å². The topological polar surface area (TPSA) is 132 Å². The second-order valence-corrected chi connectivity index (χ2v) is 11.7. The van der Waals surface area contributed by atoms with Gasteiger partial charge in [-0.15, -0.1) is 0 Å². The fourth-order valence-corrected chi connectivity index (χ4v) is 5.69. The summed E-state index contributed by atoms with van der Waals surface area (Å²) in [6.45, 7) is 3.09. The molecule has 3 N–H and O–H groups in total. The van der Waals surface area contributed by atoms with Gasteiger partial charge in [-0.1, -0.05) is 0 Å². The Balaban J connectivity index is 1.44. The third-order valence-electron chi connectivity index (χ3n) is 6.58.